The van der Waals surface area contributed by atoms with Gasteiger partial charge in [0.05, 0.1) is 23.1 Å². The van der Waals surface area contributed by atoms with Crippen LogP contribution >= 0.6 is 0 Å². The molecule has 1 aliphatic carbocycles. The van der Waals surface area contributed by atoms with E-state index in [0.29, 0.717) is 11.4 Å². The molecule has 0 unspecified atom stereocenters. The van der Waals surface area contributed by atoms with Crippen LogP contribution in [0.5, 0.6) is 0 Å². The summed E-state index contributed by atoms with van der Waals surface area (Å²) in [4.78, 5) is 51.3. The molecule has 2 aliphatic rings. The Hall–Kier alpha value is -3.48. The van der Waals surface area contributed by atoms with Crippen LogP contribution in [0.2, 0.25) is 0 Å². The Morgan fingerprint density at radius 2 is 1.68 bits per heavy atom. The lowest BCUT2D eigenvalue weighted by Crippen LogP contribution is -2.31. The second kappa shape index (κ2) is 8.71. The van der Waals surface area contributed by atoms with E-state index >= 15 is 0 Å². The van der Waals surface area contributed by atoms with Crippen molar-refractivity contribution >= 4 is 35.1 Å². The van der Waals surface area contributed by atoms with Gasteiger partial charge in [-0.25, -0.2) is 4.79 Å². The van der Waals surface area contributed by atoms with Gasteiger partial charge >= 0.3 is 5.97 Å². The van der Waals surface area contributed by atoms with E-state index < -0.39 is 18.5 Å². The van der Waals surface area contributed by atoms with Crippen molar-refractivity contribution in [2.45, 2.75) is 32.6 Å². The third-order valence-electron chi connectivity index (χ3n) is 5.93. The molecule has 0 bridgehead atoms. The molecule has 0 spiro atoms. The van der Waals surface area contributed by atoms with Gasteiger partial charge in [-0.15, -0.1) is 0 Å². The molecule has 0 radical (unpaired) electrons. The number of hydrogen-bond donors (Lipinski definition) is 1. The van der Waals surface area contributed by atoms with Crippen LogP contribution in [0.4, 0.5) is 11.4 Å². The Morgan fingerprint density at radius 1 is 1.00 bits per heavy atom. The van der Waals surface area contributed by atoms with Crippen LogP contribution in [-0.2, 0) is 19.1 Å². The smallest absolute Gasteiger partial charge is 0.338 e. The molecule has 7 nitrogen and oxygen atoms in total. The van der Waals surface area contributed by atoms with Crippen molar-refractivity contribution in [2.75, 3.05) is 16.8 Å². The molecule has 3 amide bonds. The summed E-state index contributed by atoms with van der Waals surface area (Å²) in [5.74, 6) is -2.06. The zero-order valence-corrected chi connectivity index (χ0v) is 17.3. The largest absolute Gasteiger partial charge is 0.452 e. The van der Waals surface area contributed by atoms with Crippen LogP contribution in [0, 0.1) is 18.8 Å². The van der Waals surface area contributed by atoms with Crippen LogP contribution in [-0.4, -0.2) is 30.3 Å². The molecule has 1 N–H and O–H groups in total. The van der Waals surface area contributed by atoms with Crippen LogP contribution < -0.4 is 10.2 Å². The van der Waals surface area contributed by atoms with Crippen molar-refractivity contribution in [2.24, 2.45) is 11.8 Å². The maximum atomic E-state index is 12.8. The fraction of sp³-hybridized carbons (Fsp3) is 0.333. The SMILES string of the molecule is Cc1ccccc1NC(=O)COC(=O)c1cccc(N2C(=O)[C@@H]3CCCC[C@H]3C2=O)c1. The van der Waals surface area contributed by atoms with E-state index in [1.54, 1.807) is 24.3 Å². The van der Waals surface area contributed by atoms with E-state index in [2.05, 4.69) is 5.32 Å². The van der Waals surface area contributed by atoms with E-state index in [1.165, 1.54) is 17.0 Å². The summed E-state index contributed by atoms with van der Waals surface area (Å²) in [7, 11) is 0. The molecule has 1 heterocycles. The predicted octanol–water partition coefficient (Wildman–Crippen LogP) is 3.47. The molecular weight excluding hydrogens is 396 g/mol. The first-order chi connectivity index (χ1) is 15.0. The third kappa shape index (κ3) is 4.21. The molecule has 1 saturated heterocycles. The van der Waals surface area contributed by atoms with Gasteiger partial charge in [-0.2, -0.15) is 0 Å². The van der Waals surface area contributed by atoms with Gasteiger partial charge in [0.1, 0.15) is 0 Å². The summed E-state index contributed by atoms with van der Waals surface area (Å²) < 4.78 is 5.13. The highest BCUT2D eigenvalue weighted by atomic mass is 16.5. The second-order valence-corrected chi connectivity index (χ2v) is 8.00. The number of nitrogens with one attached hydrogen (secondary N) is 1. The molecular formula is C24H24N2O5. The number of aryl methyl sites for hydroxylation is 1. The molecule has 1 saturated carbocycles. The number of benzene rings is 2. The third-order valence-corrected chi connectivity index (χ3v) is 5.93. The number of rotatable bonds is 5. The minimum atomic E-state index is -0.696. The number of esters is 1. The minimum Gasteiger partial charge on any atom is -0.452 e. The van der Waals surface area contributed by atoms with Gasteiger partial charge in [0, 0.05) is 5.69 Å². The van der Waals surface area contributed by atoms with Gasteiger partial charge in [0.2, 0.25) is 11.8 Å². The topological polar surface area (TPSA) is 92.8 Å². The predicted molar refractivity (Wildman–Crippen MR) is 114 cm³/mol. The first-order valence-electron chi connectivity index (χ1n) is 10.5. The van der Waals surface area contributed by atoms with Gasteiger partial charge in [0.25, 0.3) is 5.91 Å². The van der Waals surface area contributed by atoms with Crippen LogP contribution in [0.1, 0.15) is 41.6 Å². The van der Waals surface area contributed by atoms with E-state index in [9.17, 15) is 19.2 Å². The highest BCUT2D eigenvalue weighted by Gasteiger charge is 2.48. The maximum absolute atomic E-state index is 12.8. The molecule has 31 heavy (non-hydrogen) atoms. The zero-order valence-electron chi connectivity index (χ0n) is 17.3. The molecule has 2 fully saturated rings. The monoisotopic (exact) mass is 420 g/mol. The normalized spacial score (nSPS) is 20.4. The van der Waals surface area contributed by atoms with Gasteiger partial charge in [-0.3, -0.25) is 19.3 Å². The Bertz CT molecular complexity index is 1020. The van der Waals surface area contributed by atoms with Gasteiger partial charge in [0.15, 0.2) is 6.61 Å². The number of amides is 3. The summed E-state index contributed by atoms with van der Waals surface area (Å²) >= 11 is 0. The Morgan fingerprint density at radius 3 is 2.35 bits per heavy atom. The molecule has 2 aromatic carbocycles. The quantitative estimate of drug-likeness (QED) is 0.591. The minimum absolute atomic E-state index is 0.177. The first-order valence-corrected chi connectivity index (χ1v) is 10.5. The summed E-state index contributed by atoms with van der Waals surface area (Å²) in [5.41, 5.74) is 2.09. The number of fused-ring (bicyclic) bond motifs is 1. The molecule has 4 rings (SSSR count). The number of para-hydroxylation sites is 1. The summed E-state index contributed by atoms with van der Waals surface area (Å²) in [6.07, 6.45) is 3.35. The van der Waals surface area contributed by atoms with Crippen molar-refractivity contribution in [3.63, 3.8) is 0 Å². The number of nitrogens with zero attached hydrogens (tertiary/aromatic N) is 1. The lowest BCUT2D eigenvalue weighted by molar-refractivity contribution is -0.122. The number of ether oxygens (including phenoxy) is 1. The molecule has 1 aliphatic heterocycles. The first kappa shape index (κ1) is 20.8. The zero-order chi connectivity index (χ0) is 22.0. The second-order valence-electron chi connectivity index (χ2n) is 8.00. The van der Waals surface area contributed by atoms with Crippen LogP contribution in [0.3, 0.4) is 0 Å². The molecule has 160 valence electrons. The van der Waals surface area contributed by atoms with Crippen molar-refractivity contribution in [3.8, 4) is 0 Å². The van der Waals surface area contributed by atoms with Crippen molar-refractivity contribution in [1.29, 1.82) is 0 Å². The number of imide groups is 1. The van der Waals surface area contributed by atoms with E-state index in [4.69, 9.17) is 4.74 Å². The van der Waals surface area contributed by atoms with Crippen LogP contribution in [0.25, 0.3) is 0 Å². The highest BCUT2D eigenvalue weighted by Crippen LogP contribution is 2.40. The molecule has 2 atom stereocenters. The Balaban J connectivity index is 1.41. The average Bonchev–Trinajstić information content (AvgIpc) is 3.04. The van der Waals surface area contributed by atoms with E-state index in [0.717, 1.165) is 31.2 Å². The average molecular weight is 420 g/mol. The fourth-order valence-corrected chi connectivity index (χ4v) is 4.30. The standard InChI is InChI=1S/C24H24N2O5/c1-15-7-2-5-12-20(15)25-21(27)14-31-24(30)16-8-6-9-17(13-16)26-22(28)18-10-3-4-11-19(18)23(26)29/h2,5-9,12-13,18-19H,3-4,10-11,14H2,1H3,(H,25,27)/t18-,19-/m1/s1. The Kier molecular flexibility index (Phi) is 5.84. The summed E-state index contributed by atoms with van der Waals surface area (Å²) in [6, 6.07) is 13.5. The van der Waals surface area contributed by atoms with E-state index in [-0.39, 0.29) is 29.2 Å². The lowest BCUT2D eigenvalue weighted by atomic mass is 9.81. The molecule has 0 aromatic heterocycles. The van der Waals surface area contributed by atoms with Gasteiger partial charge in [-0.1, -0.05) is 37.1 Å². The fourth-order valence-electron chi connectivity index (χ4n) is 4.30. The molecule has 7 heteroatoms. The maximum Gasteiger partial charge on any atom is 0.338 e. The van der Waals surface area contributed by atoms with Gasteiger partial charge in [-0.05, 0) is 49.6 Å². The lowest BCUT2D eigenvalue weighted by Gasteiger charge is -2.19. The summed E-state index contributed by atoms with van der Waals surface area (Å²) in [6.45, 7) is 1.42. The van der Waals surface area contributed by atoms with Crippen molar-refractivity contribution in [3.05, 3.63) is 59.7 Å². The van der Waals surface area contributed by atoms with Crippen molar-refractivity contribution in [1.82, 2.24) is 0 Å². The highest BCUT2D eigenvalue weighted by molar-refractivity contribution is 6.22. The van der Waals surface area contributed by atoms with Gasteiger partial charge < -0.3 is 10.1 Å². The number of carbonyl (C=O) groups is 4. The number of carbonyl (C=O) groups excluding carboxylic acids is 4. The Labute approximate surface area is 180 Å². The van der Waals surface area contributed by atoms with E-state index in [1.807, 2.05) is 19.1 Å². The van der Waals surface area contributed by atoms with Crippen molar-refractivity contribution < 1.29 is 23.9 Å². The number of anilines is 2. The summed E-state index contributed by atoms with van der Waals surface area (Å²) in [5, 5.41) is 2.70. The number of hydrogen-bond acceptors (Lipinski definition) is 5. The van der Waals surface area contributed by atoms with Crippen LogP contribution in [0.15, 0.2) is 48.5 Å². The molecule has 2 aromatic rings.